The molecule has 30 heavy (non-hydrogen) atoms. The van der Waals surface area contributed by atoms with E-state index < -0.39 is 0 Å². The van der Waals surface area contributed by atoms with Crippen LogP contribution in [0.25, 0.3) is 17.1 Å². The Balaban J connectivity index is 1.72. The van der Waals surface area contributed by atoms with Crippen LogP contribution in [0.15, 0.2) is 72.8 Å². The van der Waals surface area contributed by atoms with Crippen LogP contribution in [0.2, 0.25) is 0 Å². The van der Waals surface area contributed by atoms with Crippen LogP contribution in [0, 0.1) is 13.8 Å². The van der Waals surface area contributed by atoms with E-state index in [2.05, 4.69) is 15.4 Å². The predicted octanol–water partition coefficient (Wildman–Crippen LogP) is 4.81. The summed E-state index contributed by atoms with van der Waals surface area (Å²) >= 11 is 0. The zero-order chi connectivity index (χ0) is 21.1. The number of nitrogens with one attached hydrogen (secondary N) is 1. The molecule has 0 spiro atoms. The van der Waals surface area contributed by atoms with Gasteiger partial charge in [-0.1, -0.05) is 42.0 Å². The van der Waals surface area contributed by atoms with Crippen molar-refractivity contribution in [3.05, 3.63) is 89.7 Å². The molecule has 1 amide bonds. The highest BCUT2D eigenvalue weighted by Crippen LogP contribution is 2.23. The molecule has 0 aliphatic carbocycles. The second kappa shape index (κ2) is 8.21. The predicted molar refractivity (Wildman–Crippen MR) is 117 cm³/mol. The van der Waals surface area contributed by atoms with Crippen LogP contribution in [0.4, 0.5) is 5.69 Å². The second-order valence-corrected chi connectivity index (χ2v) is 7.06. The quantitative estimate of drug-likeness (QED) is 0.524. The number of carbonyl (C=O) groups is 1. The van der Waals surface area contributed by atoms with Crippen molar-refractivity contribution in [2.75, 3.05) is 12.4 Å². The third kappa shape index (κ3) is 4.07. The molecule has 1 heterocycles. The van der Waals surface area contributed by atoms with Gasteiger partial charge >= 0.3 is 0 Å². The molecule has 0 bridgehead atoms. The molecule has 0 aliphatic heterocycles. The Bertz CT molecular complexity index is 1180. The molecule has 0 saturated heterocycles. The van der Waals surface area contributed by atoms with Gasteiger partial charge in [0.05, 0.1) is 12.8 Å². The van der Waals surface area contributed by atoms with Gasteiger partial charge in [0.1, 0.15) is 5.75 Å². The van der Waals surface area contributed by atoms with E-state index in [1.54, 1.807) is 36.1 Å². The summed E-state index contributed by atoms with van der Waals surface area (Å²) in [6.45, 7) is 4.05. The van der Waals surface area contributed by atoms with Crippen molar-refractivity contribution >= 4 is 11.6 Å². The lowest BCUT2D eigenvalue weighted by Crippen LogP contribution is -2.14. The van der Waals surface area contributed by atoms with E-state index in [9.17, 15) is 4.79 Å². The molecule has 4 rings (SSSR count). The highest BCUT2D eigenvalue weighted by Gasteiger charge is 2.19. The van der Waals surface area contributed by atoms with Gasteiger partial charge in [0, 0.05) is 11.3 Å². The normalized spacial score (nSPS) is 10.6. The number of aromatic nitrogens is 3. The highest BCUT2D eigenvalue weighted by molar-refractivity contribution is 6.01. The molecule has 0 atom stereocenters. The molecule has 1 aromatic heterocycles. The molecular weight excluding hydrogens is 376 g/mol. The summed E-state index contributed by atoms with van der Waals surface area (Å²) in [5.41, 5.74) is 4.63. The van der Waals surface area contributed by atoms with Gasteiger partial charge < -0.3 is 10.1 Å². The largest absolute Gasteiger partial charge is 0.497 e. The summed E-state index contributed by atoms with van der Waals surface area (Å²) in [5, 5.41) is 7.36. The smallest absolute Gasteiger partial charge is 0.295 e. The zero-order valence-electron chi connectivity index (χ0n) is 17.1. The molecular formula is C24H22N4O2. The fourth-order valence-corrected chi connectivity index (χ4v) is 3.10. The lowest BCUT2D eigenvalue weighted by molar-refractivity contribution is 0.101. The van der Waals surface area contributed by atoms with Gasteiger partial charge in [-0.05, 0) is 55.8 Å². The van der Waals surface area contributed by atoms with E-state index in [1.165, 1.54) is 0 Å². The number of hydrogen-bond acceptors (Lipinski definition) is 4. The number of aryl methyl sites for hydroxylation is 2. The van der Waals surface area contributed by atoms with Crippen LogP contribution in [0.5, 0.6) is 5.75 Å². The topological polar surface area (TPSA) is 69.0 Å². The maximum absolute atomic E-state index is 12.8. The number of amides is 1. The van der Waals surface area contributed by atoms with Crippen molar-refractivity contribution in [2.45, 2.75) is 13.8 Å². The number of methoxy groups -OCH3 is 1. The van der Waals surface area contributed by atoms with Crippen molar-refractivity contribution in [1.29, 1.82) is 0 Å². The van der Waals surface area contributed by atoms with Gasteiger partial charge in [0.15, 0.2) is 5.82 Å². The first-order chi connectivity index (χ1) is 14.5. The summed E-state index contributed by atoms with van der Waals surface area (Å²) in [6.07, 6.45) is 0. The molecule has 4 aromatic rings. The Kier molecular flexibility index (Phi) is 5.30. The van der Waals surface area contributed by atoms with E-state index in [0.717, 1.165) is 28.1 Å². The molecule has 3 aromatic carbocycles. The van der Waals surface area contributed by atoms with E-state index in [0.29, 0.717) is 11.5 Å². The van der Waals surface area contributed by atoms with Crippen molar-refractivity contribution in [3.8, 4) is 22.8 Å². The Morgan fingerprint density at radius 1 is 0.933 bits per heavy atom. The van der Waals surface area contributed by atoms with Gasteiger partial charge in [-0.25, -0.2) is 9.67 Å². The van der Waals surface area contributed by atoms with E-state index in [1.807, 2.05) is 62.4 Å². The Morgan fingerprint density at radius 3 is 2.33 bits per heavy atom. The average Bonchev–Trinajstić information content (AvgIpc) is 3.20. The maximum atomic E-state index is 12.8. The molecule has 6 heteroatoms. The number of benzene rings is 3. The van der Waals surface area contributed by atoms with Crippen LogP contribution >= 0.6 is 0 Å². The Labute approximate surface area is 175 Å². The van der Waals surface area contributed by atoms with Gasteiger partial charge in [0.25, 0.3) is 5.91 Å². The number of rotatable bonds is 5. The molecule has 0 saturated carbocycles. The number of ether oxygens (including phenoxy) is 1. The number of hydrogen-bond donors (Lipinski definition) is 1. The fraction of sp³-hybridized carbons (Fsp3) is 0.125. The summed E-state index contributed by atoms with van der Waals surface area (Å²) in [7, 11) is 1.60. The van der Waals surface area contributed by atoms with Gasteiger partial charge in [-0.3, -0.25) is 4.79 Å². The molecule has 0 fully saturated rings. The molecule has 0 aliphatic rings. The first-order valence-electron chi connectivity index (χ1n) is 9.60. The Morgan fingerprint density at radius 2 is 1.67 bits per heavy atom. The molecule has 150 valence electrons. The van der Waals surface area contributed by atoms with Crippen molar-refractivity contribution in [2.24, 2.45) is 0 Å². The minimum atomic E-state index is -0.375. The molecule has 0 radical (unpaired) electrons. The van der Waals surface area contributed by atoms with E-state index >= 15 is 0 Å². The Hall–Kier alpha value is -3.93. The summed E-state index contributed by atoms with van der Waals surface area (Å²) in [4.78, 5) is 17.4. The van der Waals surface area contributed by atoms with Crippen LogP contribution in [0.1, 0.15) is 21.7 Å². The van der Waals surface area contributed by atoms with E-state index in [-0.39, 0.29) is 11.7 Å². The van der Waals surface area contributed by atoms with Crippen LogP contribution in [0.3, 0.4) is 0 Å². The monoisotopic (exact) mass is 398 g/mol. The molecule has 1 N–H and O–H groups in total. The van der Waals surface area contributed by atoms with Crippen molar-refractivity contribution in [3.63, 3.8) is 0 Å². The standard InChI is InChI=1S/C24H22N4O2/c1-16-7-9-18(10-8-16)23-26-22(27-28(23)20-6-4-5-17(2)15-20)24(29)25-19-11-13-21(30-3)14-12-19/h4-15H,1-3H3,(H,25,29). The second-order valence-electron chi connectivity index (χ2n) is 7.06. The maximum Gasteiger partial charge on any atom is 0.295 e. The average molecular weight is 398 g/mol. The van der Waals surface area contributed by atoms with Crippen molar-refractivity contribution in [1.82, 2.24) is 14.8 Å². The third-order valence-electron chi connectivity index (χ3n) is 4.71. The lowest BCUT2D eigenvalue weighted by Gasteiger charge is -2.07. The minimum absolute atomic E-state index is 0.0999. The summed E-state index contributed by atoms with van der Waals surface area (Å²) in [6, 6.07) is 23.0. The number of anilines is 1. The van der Waals surface area contributed by atoms with Crippen molar-refractivity contribution < 1.29 is 9.53 Å². The van der Waals surface area contributed by atoms with Crippen LogP contribution in [-0.2, 0) is 0 Å². The minimum Gasteiger partial charge on any atom is -0.497 e. The van der Waals surface area contributed by atoms with E-state index in [4.69, 9.17) is 4.74 Å². The third-order valence-corrected chi connectivity index (χ3v) is 4.71. The molecule has 0 unspecified atom stereocenters. The summed E-state index contributed by atoms with van der Waals surface area (Å²) < 4.78 is 6.86. The zero-order valence-corrected chi connectivity index (χ0v) is 17.1. The first-order valence-corrected chi connectivity index (χ1v) is 9.60. The number of nitrogens with zero attached hydrogens (tertiary/aromatic N) is 3. The van der Waals surface area contributed by atoms with Crippen LogP contribution in [-0.4, -0.2) is 27.8 Å². The van der Waals surface area contributed by atoms with Gasteiger partial charge in [-0.2, -0.15) is 0 Å². The number of carbonyl (C=O) groups excluding carboxylic acids is 1. The fourth-order valence-electron chi connectivity index (χ4n) is 3.10. The molecule has 6 nitrogen and oxygen atoms in total. The van der Waals surface area contributed by atoms with Crippen LogP contribution < -0.4 is 10.1 Å². The summed E-state index contributed by atoms with van der Waals surface area (Å²) in [5.74, 6) is 1.06. The first kappa shape index (κ1) is 19.4. The van der Waals surface area contributed by atoms with Gasteiger partial charge in [-0.15, -0.1) is 5.10 Å². The highest BCUT2D eigenvalue weighted by atomic mass is 16.5. The lowest BCUT2D eigenvalue weighted by atomic mass is 10.1. The SMILES string of the molecule is COc1ccc(NC(=O)c2nc(-c3ccc(C)cc3)n(-c3cccc(C)c3)n2)cc1. The van der Waals surface area contributed by atoms with Gasteiger partial charge in [0.2, 0.25) is 5.82 Å².